The second kappa shape index (κ2) is 6.94. The van der Waals surface area contributed by atoms with Gasteiger partial charge in [-0.3, -0.25) is 4.79 Å². The maximum absolute atomic E-state index is 13.1. The average Bonchev–Trinajstić information content (AvgIpc) is 2.70. The van der Waals surface area contributed by atoms with Gasteiger partial charge in [0.2, 0.25) is 5.78 Å². The monoisotopic (exact) mass is 462 g/mol. The maximum Gasteiger partial charge on any atom is 0.337 e. The molecule has 9 heteroatoms. The summed E-state index contributed by atoms with van der Waals surface area (Å²) in [7, 11) is 1.24. The number of benzene rings is 2. The molecule has 148 valence electrons. The molecule has 2 aliphatic rings. The first-order valence-electron chi connectivity index (χ1n) is 8.34. The zero-order chi connectivity index (χ0) is 20.3. The van der Waals surface area contributed by atoms with Crippen LogP contribution in [0.5, 0.6) is 11.5 Å². The summed E-state index contributed by atoms with van der Waals surface area (Å²) in [4.78, 5) is 13.1. The van der Waals surface area contributed by atoms with Gasteiger partial charge in [0, 0.05) is 20.0 Å². The number of aliphatic hydroxyl groups is 1. The number of fused-ring (bicyclic) bond motifs is 2. The van der Waals surface area contributed by atoms with Gasteiger partial charge < -0.3 is 19.3 Å². The van der Waals surface area contributed by atoms with Crippen molar-refractivity contribution in [1.29, 1.82) is 0 Å². The SMILES string of the molecule is COC12Oc3c(Cl)c(Cl)c(Cl)c(Cl)c3OC1(O)CC(c1ccccc1)CC2=O. The predicted octanol–water partition coefficient (Wildman–Crippen LogP) is 5.25. The number of ketones is 1. The third kappa shape index (κ3) is 2.72. The van der Waals surface area contributed by atoms with Crippen molar-refractivity contribution in [3.63, 3.8) is 0 Å². The first-order valence-corrected chi connectivity index (χ1v) is 9.85. The van der Waals surface area contributed by atoms with E-state index in [1.165, 1.54) is 7.11 Å². The number of carbonyl (C=O) groups excluding carboxylic acids is 1. The van der Waals surface area contributed by atoms with Crippen molar-refractivity contribution < 1.29 is 24.1 Å². The van der Waals surface area contributed by atoms with Crippen molar-refractivity contribution in [3.05, 3.63) is 56.0 Å². The van der Waals surface area contributed by atoms with Crippen molar-refractivity contribution in [3.8, 4) is 11.5 Å². The minimum Gasteiger partial charge on any atom is -0.449 e. The Bertz CT molecular complexity index is 967. The summed E-state index contributed by atoms with van der Waals surface area (Å²) in [5.41, 5.74) is 0.877. The molecule has 0 aromatic heterocycles. The summed E-state index contributed by atoms with van der Waals surface area (Å²) in [6.45, 7) is 0. The zero-order valence-corrected chi connectivity index (χ0v) is 17.5. The highest BCUT2D eigenvalue weighted by Gasteiger charge is 2.68. The van der Waals surface area contributed by atoms with E-state index < -0.39 is 17.4 Å². The van der Waals surface area contributed by atoms with E-state index in [-0.39, 0.29) is 50.3 Å². The van der Waals surface area contributed by atoms with E-state index in [4.69, 9.17) is 60.6 Å². The van der Waals surface area contributed by atoms with Crippen LogP contribution in [-0.2, 0) is 9.53 Å². The van der Waals surface area contributed by atoms with Crippen LogP contribution < -0.4 is 9.47 Å². The van der Waals surface area contributed by atoms with Crippen molar-refractivity contribution in [1.82, 2.24) is 0 Å². The van der Waals surface area contributed by atoms with Crippen LogP contribution in [0.15, 0.2) is 30.3 Å². The first kappa shape index (κ1) is 20.1. The summed E-state index contributed by atoms with van der Waals surface area (Å²) in [5.74, 6) is -5.30. The molecule has 1 aliphatic carbocycles. The molecule has 1 fully saturated rings. The van der Waals surface area contributed by atoms with Gasteiger partial charge >= 0.3 is 5.79 Å². The Morgan fingerprint density at radius 1 is 1.00 bits per heavy atom. The van der Waals surface area contributed by atoms with E-state index in [0.717, 1.165) is 5.56 Å². The molecule has 1 N–H and O–H groups in total. The van der Waals surface area contributed by atoms with Crippen molar-refractivity contribution in [2.75, 3.05) is 7.11 Å². The Labute approximate surface area is 181 Å². The maximum atomic E-state index is 13.1. The summed E-state index contributed by atoms with van der Waals surface area (Å²) in [6.07, 6.45) is 0.0930. The summed E-state index contributed by atoms with van der Waals surface area (Å²) in [5, 5.41) is 11.1. The molecule has 1 heterocycles. The molecule has 4 rings (SSSR count). The van der Waals surface area contributed by atoms with Crippen LogP contribution in [0.2, 0.25) is 20.1 Å². The normalized spacial score (nSPS) is 28.8. The number of ether oxygens (including phenoxy) is 3. The third-order valence-corrected chi connectivity index (χ3v) is 6.86. The predicted molar refractivity (Wildman–Crippen MR) is 106 cm³/mol. The molecule has 0 amide bonds. The highest BCUT2D eigenvalue weighted by Crippen LogP contribution is 2.58. The van der Waals surface area contributed by atoms with Gasteiger partial charge in [0.1, 0.15) is 10.0 Å². The third-order valence-electron chi connectivity index (χ3n) is 5.09. The minimum atomic E-state index is -2.16. The second-order valence-electron chi connectivity index (χ2n) is 6.66. The van der Waals surface area contributed by atoms with Gasteiger partial charge in [-0.15, -0.1) is 0 Å². The zero-order valence-electron chi connectivity index (χ0n) is 14.5. The van der Waals surface area contributed by atoms with Gasteiger partial charge in [-0.25, -0.2) is 0 Å². The van der Waals surface area contributed by atoms with Crippen LogP contribution in [0.4, 0.5) is 0 Å². The lowest BCUT2D eigenvalue weighted by atomic mass is 9.75. The molecular formula is C19H14Cl4O5. The fourth-order valence-electron chi connectivity index (χ4n) is 3.72. The summed E-state index contributed by atoms with van der Waals surface area (Å²) >= 11 is 24.7. The molecule has 28 heavy (non-hydrogen) atoms. The Morgan fingerprint density at radius 2 is 1.57 bits per heavy atom. The van der Waals surface area contributed by atoms with Gasteiger partial charge in [0.15, 0.2) is 11.5 Å². The highest BCUT2D eigenvalue weighted by atomic mass is 35.5. The Morgan fingerprint density at radius 3 is 2.14 bits per heavy atom. The Hall–Kier alpha value is -1.21. The number of rotatable bonds is 2. The molecule has 3 atom stereocenters. The van der Waals surface area contributed by atoms with E-state index in [1.807, 2.05) is 30.3 Å². The smallest absolute Gasteiger partial charge is 0.337 e. The lowest BCUT2D eigenvalue weighted by Gasteiger charge is -2.51. The second-order valence-corrected chi connectivity index (χ2v) is 8.17. The summed E-state index contributed by atoms with van der Waals surface area (Å²) in [6, 6.07) is 9.33. The van der Waals surface area contributed by atoms with Crippen LogP contribution >= 0.6 is 46.4 Å². The molecule has 1 saturated carbocycles. The van der Waals surface area contributed by atoms with Crippen LogP contribution in [0.25, 0.3) is 0 Å². The lowest BCUT2D eigenvalue weighted by Crippen LogP contribution is -2.71. The lowest BCUT2D eigenvalue weighted by molar-refractivity contribution is -0.343. The number of Topliss-reactive ketones (excluding diaryl/α,β-unsaturated/α-hetero) is 1. The molecule has 3 unspecified atom stereocenters. The van der Waals surface area contributed by atoms with Crippen LogP contribution in [0.1, 0.15) is 24.3 Å². The molecule has 0 radical (unpaired) electrons. The number of methoxy groups -OCH3 is 1. The number of carbonyl (C=O) groups is 1. The number of halogens is 4. The van der Waals surface area contributed by atoms with E-state index in [1.54, 1.807) is 0 Å². The molecule has 0 bridgehead atoms. The van der Waals surface area contributed by atoms with Crippen molar-refractivity contribution in [2.24, 2.45) is 0 Å². The minimum absolute atomic E-state index is 0.0181. The largest absolute Gasteiger partial charge is 0.449 e. The molecule has 2 aromatic rings. The molecule has 5 nitrogen and oxygen atoms in total. The van der Waals surface area contributed by atoms with Crippen LogP contribution in [0, 0.1) is 0 Å². The molecule has 0 saturated heterocycles. The summed E-state index contributed by atoms with van der Waals surface area (Å²) < 4.78 is 17.0. The Balaban J connectivity index is 1.86. The molecular weight excluding hydrogens is 450 g/mol. The average molecular weight is 464 g/mol. The van der Waals surface area contributed by atoms with E-state index >= 15 is 0 Å². The van der Waals surface area contributed by atoms with Crippen LogP contribution in [-0.4, -0.2) is 29.6 Å². The van der Waals surface area contributed by atoms with Gasteiger partial charge in [0.05, 0.1) is 10.0 Å². The van der Waals surface area contributed by atoms with Gasteiger partial charge in [-0.1, -0.05) is 76.7 Å². The quantitative estimate of drug-likeness (QED) is 0.486. The van der Waals surface area contributed by atoms with E-state index in [2.05, 4.69) is 0 Å². The number of hydrogen-bond acceptors (Lipinski definition) is 5. The van der Waals surface area contributed by atoms with Crippen molar-refractivity contribution >= 4 is 52.2 Å². The van der Waals surface area contributed by atoms with Gasteiger partial charge in [-0.05, 0) is 11.5 Å². The Kier molecular flexibility index (Phi) is 4.98. The number of hydrogen-bond donors (Lipinski definition) is 1. The van der Waals surface area contributed by atoms with Crippen LogP contribution in [0.3, 0.4) is 0 Å². The van der Waals surface area contributed by atoms with Gasteiger partial charge in [-0.2, -0.15) is 0 Å². The fraction of sp³-hybridized carbons (Fsp3) is 0.316. The van der Waals surface area contributed by atoms with Gasteiger partial charge in [0.25, 0.3) is 5.79 Å². The first-order chi connectivity index (χ1) is 13.2. The fourth-order valence-corrected chi connectivity index (χ4v) is 4.62. The van der Waals surface area contributed by atoms with E-state index in [9.17, 15) is 9.90 Å². The molecule has 0 spiro atoms. The molecule has 1 aliphatic heterocycles. The van der Waals surface area contributed by atoms with E-state index in [0.29, 0.717) is 0 Å². The van der Waals surface area contributed by atoms with Crippen molar-refractivity contribution in [2.45, 2.75) is 30.3 Å². The topological polar surface area (TPSA) is 65.0 Å². The standard InChI is InChI=1S/C19H14Cl4O5/c1-26-19-11(24)7-10(9-5-3-2-4-6-9)8-18(19,25)27-16-14(22)12(20)13(21)15(23)17(16)28-19/h2-6,10,25H,7-8H2,1H3. The highest BCUT2D eigenvalue weighted by molar-refractivity contribution is 6.53. The molecule has 2 aromatic carbocycles.